The van der Waals surface area contributed by atoms with Crippen molar-refractivity contribution in [1.29, 1.82) is 0 Å². The van der Waals surface area contributed by atoms with Crippen molar-refractivity contribution in [2.24, 2.45) is 0 Å². The molecule has 1 aliphatic rings. The van der Waals surface area contributed by atoms with Crippen molar-refractivity contribution < 1.29 is 14.3 Å². The Morgan fingerprint density at radius 2 is 2.10 bits per heavy atom. The van der Waals surface area contributed by atoms with Crippen molar-refractivity contribution in [2.75, 3.05) is 12.4 Å². The molecule has 164 valence electrons. The van der Waals surface area contributed by atoms with Crippen LogP contribution in [0.25, 0.3) is 10.2 Å². The summed E-state index contributed by atoms with van der Waals surface area (Å²) in [4.78, 5) is 32.3. The van der Waals surface area contributed by atoms with Crippen molar-refractivity contribution in [3.8, 4) is 0 Å². The topological polar surface area (TPSA) is 70.4 Å². The van der Waals surface area contributed by atoms with Crippen LogP contribution in [0.2, 0.25) is 0 Å². The lowest BCUT2D eigenvalue weighted by Gasteiger charge is -2.32. The number of thiophene rings is 1. The summed E-state index contributed by atoms with van der Waals surface area (Å²) in [6, 6.07) is 9.83. The normalized spacial score (nSPS) is 18.2. The number of nitrogens with zero attached hydrogens (tertiary/aromatic N) is 2. The zero-order valence-corrected chi connectivity index (χ0v) is 19.6. The third kappa shape index (κ3) is 4.56. The van der Waals surface area contributed by atoms with Crippen LogP contribution in [0.3, 0.4) is 0 Å². The molecule has 3 heterocycles. The first-order valence-corrected chi connectivity index (χ1v) is 12.3. The number of carbonyl (C=O) groups excluding carboxylic acids is 1. The molecule has 0 amide bonds. The molecule has 0 bridgehead atoms. The van der Waals surface area contributed by atoms with Crippen LogP contribution in [0.4, 0.5) is 0 Å². The standard InChI is InChI=1S/C23H26N2O4S2/c1-4-23(3)11-16-17(13-29-23)31-20-19(16)21(27)25(12-15-9-7-6-8-10-15)22(24-20)30-14-18(26)28-5-2/h6-10H,4-5,11-14H2,1-3H3. The van der Waals surface area contributed by atoms with Gasteiger partial charge in [0.15, 0.2) is 5.16 Å². The molecule has 0 saturated heterocycles. The van der Waals surface area contributed by atoms with Crippen LogP contribution in [-0.2, 0) is 33.8 Å². The highest BCUT2D eigenvalue weighted by Crippen LogP contribution is 2.38. The summed E-state index contributed by atoms with van der Waals surface area (Å²) in [5, 5.41) is 1.23. The Morgan fingerprint density at radius 1 is 1.32 bits per heavy atom. The Labute approximate surface area is 189 Å². The molecule has 1 unspecified atom stereocenters. The van der Waals surface area contributed by atoms with Gasteiger partial charge in [-0.2, -0.15) is 0 Å². The molecule has 4 rings (SSSR count). The van der Waals surface area contributed by atoms with Crippen molar-refractivity contribution in [1.82, 2.24) is 9.55 Å². The van der Waals surface area contributed by atoms with E-state index in [1.54, 1.807) is 11.5 Å². The second-order valence-corrected chi connectivity index (χ2v) is 9.84. The van der Waals surface area contributed by atoms with Gasteiger partial charge in [0.2, 0.25) is 0 Å². The van der Waals surface area contributed by atoms with Crippen LogP contribution < -0.4 is 5.56 Å². The third-order valence-corrected chi connectivity index (χ3v) is 7.67. The number of aromatic nitrogens is 2. The average molecular weight is 459 g/mol. The highest BCUT2D eigenvalue weighted by molar-refractivity contribution is 7.99. The summed E-state index contributed by atoms with van der Waals surface area (Å²) in [5.41, 5.74) is 1.75. The molecule has 1 aromatic carbocycles. The first kappa shape index (κ1) is 22.0. The van der Waals surface area contributed by atoms with Crippen LogP contribution in [0.1, 0.15) is 43.2 Å². The van der Waals surface area contributed by atoms with E-state index >= 15 is 0 Å². The second-order valence-electron chi connectivity index (χ2n) is 7.82. The van der Waals surface area contributed by atoms with Gasteiger partial charge >= 0.3 is 5.97 Å². The lowest BCUT2D eigenvalue weighted by atomic mass is 9.90. The Balaban J connectivity index is 1.81. The summed E-state index contributed by atoms with van der Waals surface area (Å²) in [7, 11) is 0. The number of fused-ring (bicyclic) bond motifs is 3. The maximum Gasteiger partial charge on any atom is 0.316 e. The minimum atomic E-state index is -0.314. The van der Waals surface area contributed by atoms with Crippen molar-refractivity contribution in [3.05, 3.63) is 56.7 Å². The van der Waals surface area contributed by atoms with E-state index in [1.807, 2.05) is 30.3 Å². The molecule has 0 aliphatic carbocycles. The Hall–Kier alpha value is -2.16. The summed E-state index contributed by atoms with van der Waals surface area (Å²) >= 11 is 2.77. The molecule has 0 fully saturated rings. The predicted molar refractivity (Wildman–Crippen MR) is 124 cm³/mol. The van der Waals surface area contributed by atoms with Crippen LogP contribution in [-0.4, -0.2) is 33.5 Å². The fourth-order valence-corrected chi connectivity index (χ4v) is 5.64. The average Bonchev–Trinajstić information content (AvgIpc) is 3.12. The van der Waals surface area contributed by atoms with Crippen molar-refractivity contribution in [2.45, 2.75) is 57.5 Å². The Bertz CT molecular complexity index is 1160. The maximum absolute atomic E-state index is 13.7. The van der Waals surface area contributed by atoms with Gasteiger partial charge in [-0.15, -0.1) is 11.3 Å². The van der Waals surface area contributed by atoms with Crippen LogP contribution in [0.5, 0.6) is 0 Å². The van der Waals surface area contributed by atoms with Crippen LogP contribution >= 0.6 is 23.1 Å². The molecule has 1 aliphatic heterocycles. The quantitative estimate of drug-likeness (QED) is 0.297. The molecular weight excluding hydrogens is 432 g/mol. The summed E-state index contributed by atoms with van der Waals surface area (Å²) in [5.74, 6) is -0.200. The highest BCUT2D eigenvalue weighted by atomic mass is 32.2. The van der Waals surface area contributed by atoms with Gasteiger partial charge in [0.05, 0.1) is 36.5 Å². The molecule has 3 aromatic rings. The highest BCUT2D eigenvalue weighted by Gasteiger charge is 2.33. The van der Waals surface area contributed by atoms with Gasteiger partial charge in [-0.1, -0.05) is 49.0 Å². The molecule has 0 radical (unpaired) electrons. The third-order valence-electron chi connectivity index (χ3n) is 5.62. The molecular formula is C23H26N2O4S2. The maximum atomic E-state index is 13.7. The molecule has 8 heteroatoms. The van der Waals surface area contributed by atoms with E-state index in [1.165, 1.54) is 23.1 Å². The fraction of sp³-hybridized carbons (Fsp3) is 0.435. The van der Waals surface area contributed by atoms with E-state index in [9.17, 15) is 9.59 Å². The van der Waals surface area contributed by atoms with E-state index < -0.39 is 0 Å². The lowest BCUT2D eigenvalue weighted by molar-refractivity contribution is -0.139. The number of hydrogen-bond donors (Lipinski definition) is 0. The molecule has 6 nitrogen and oxygen atoms in total. The number of carbonyl (C=O) groups is 1. The van der Waals surface area contributed by atoms with E-state index in [2.05, 4.69) is 13.8 Å². The zero-order valence-electron chi connectivity index (χ0n) is 18.0. The van der Waals surface area contributed by atoms with Gasteiger partial charge in [0.25, 0.3) is 5.56 Å². The second kappa shape index (κ2) is 9.14. The lowest BCUT2D eigenvalue weighted by Crippen LogP contribution is -2.34. The zero-order chi connectivity index (χ0) is 22.0. The number of benzene rings is 1. The minimum Gasteiger partial charge on any atom is -0.465 e. The molecule has 31 heavy (non-hydrogen) atoms. The molecule has 2 aromatic heterocycles. The molecule has 1 atom stereocenters. The number of ether oxygens (including phenoxy) is 2. The first-order chi connectivity index (χ1) is 14.9. The molecule has 0 spiro atoms. The largest absolute Gasteiger partial charge is 0.465 e. The van der Waals surface area contributed by atoms with Gasteiger partial charge in [-0.3, -0.25) is 14.2 Å². The minimum absolute atomic E-state index is 0.0573. The summed E-state index contributed by atoms with van der Waals surface area (Å²) < 4.78 is 12.8. The van der Waals surface area contributed by atoms with E-state index in [4.69, 9.17) is 14.5 Å². The number of hydrogen-bond acceptors (Lipinski definition) is 7. The summed E-state index contributed by atoms with van der Waals surface area (Å²) in [6.07, 6.45) is 1.58. The predicted octanol–water partition coefficient (Wildman–Crippen LogP) is 4.40. The number of esters is 1. The SMILES string of the molecule is CCOC(=O)CSc1nc2sc3c(c2c(=O)n1Cc1ccccc1)CC(C)(CC)OC3. The van der Waals surface area contributed by atoms with E-state index in [0.29, 0.717) is 36.7 Å². The van der Waals surface area contributed by atoms with Gasteiger partial charge in [0, 0.05) is 11.3 Å². The van der Waals surface area contributed by atoms with E-state index in [0.717, 1.165) is 27.3 Å². The van der Waals surface area contributed by atoms with Crippen LogP contribution in [0, 0.1) is 0 Å². The monoisotopic (exact) mass is 458 g/mol. The summed E-state index contributed by atoms with van der Waals surface area (Å²) in [6.45, 7) is 7.22. The Kier molecular flexibility index (Phi) is 6.50. The first-order valence-electron chi connectivity index (χ1n) is 10.5. The molecule has 0 N–H and O–H groups in total. The fourth-order valence-electron chi connectivity index (χ4n) is 3.70. The van der Waals surface area contributed by atoms with E-state index in [-0.39, 0.29) is 22.9 Å². The number of rotatable bonds is 7. The molecule has 0 saturated carbocycles. The Morgan fingerprint density at radius 3 is 2.81 bits per heavy atom. The van der Waals surface area contributed by atoms with Crippen molar-refractivity contribution >= 4 is 39.3 Å². The smallest absolute Gasteiger partial charge is 0.316 e. The van der Waals surface area contributed by atoms with Crippen molar-refractivity contribution in [3.63, 3.8) is 0 Å². The number of thioether (sulfide) groups is 1. The van der Waals surface area contributed by atoms with Gasteiger partial charge in [-0.05, 0) is 31.4 Å². The van der Waals surface area contributed by atoms with Crippen LogP contribution in [0.15, 0.2) is 40.3 Å². The van der Waals surface area contributed by atoms with Gasteiger partial charge in [0.1, 0.15) is 4.83 Å². The van der Waals surface area contributed by atoms with Gasteiger partial charge < -0.3 is 9.47 Å². The van der Waals surface area contributed by atoms with Gasteiger partial charge in [-0.25, -0.2) is 4.98 Å².